The zero-order valence-corrected chi connectivity index (χ0v) is 22.5. The molecule has 39 heavy (non-hydrogen) atoms. The lowest BCUT2D eigenvalue weighted by Crippen LogP contribution is -2.29. The molecule has 0 unspecified atom stereocenters. The summed E-state index contributed by atoms with van der Waals surface area (Å²) in [6.45, 7) is 9.67. The molecule has 0 aliphatic heterocycles. The average molecular weight is 531 g/mol. The van der Waals surface area contributed by atoms with E-state index >= 15 is 0 Å². The number of benzene rings is 3. The Bertz CT molecular complexity index is 1660. The quantitative estimate of drug-likeness (QED) is 0.253. The third-order valence-electron chi connectivity index (χ3n) is 6.88. The van der Waals surface area contributed by atoms with E-state index in [0.29, 0.717) is 22.6 Å². The van der Waals surface area contributed by atoms with E-state index in [1.165, 1.54) is 16.2 Å². The van der Waals surface area contributed by atoms with Crippen LogP contribution in [-0.4, -0.2) is 4.57 Å². The third kappa shape index (κ3) is 5.75. The highest BCUT2D eigenvalue weighted by Crippen LogP contribution is 2.36. The van der Waals surface area contributed by atoms with Crippen LogP contribution in [0.5, 0.6) is 11.5 Å². The highest BCUT2D eigenvalue weighted by Gasteiger charge is 2.36. The number of halogens is 3. The average Bonchev–Trinajstić information content (AvgIpc) is 2.87. The van der Waals surface area contributed by atoms with Gasteiger partial charge in [-0.3, -0.25) is 4.79 Å². The Morgan fingerprint density at radius 2 is 1.54 bits per heavy atom. The van der Waals surface area contributed by atoms with Crippen molar-refractivity contribution < 1.29 is 17.9 Å². The summed E-state index contributed by atoms with van der Waals surface area (Å²) in [6, 6.07) is 19.0. The fraction of sp³-hybridized carbons (Fsp3) is 0.250. The summed E-state index contributed by atoms with van der Waals surface area (Å²) in [7, 11) is 0. The Labute approximate surface area is 225 Å². The second-order valence-electron chi connectivity index (χ2n) is 9.78. The van der Waals surface area contributed by atoms with Crippen molar-refractivity contribution in [3.05, 3.63) is 116 Å². The number of nitriles is 1. The molecular formula is C32H29F3N2O2. The molecule has 4 aromatic rings. The van der Waals surface area contributed by atoms with E-state index in [9.17, 15) is 23.2 Å². The molecule has 1 aromatic heterocycles. The van der Waals surface area contributed by atoms with Crippen LogP contribution < -0.4 is 10.3 Å². The standard InChI is InChI=1S/C32H29F3N2O2/c1-6-23-8-11-29(21(4)14-23)39-30-12-10-24(15-22(30)5)28-16-27(32(33,34)35)26(17-36)31(38)37(28)18-25-9-7-19(2)13-20(25)3/h7-16H,6,18H2,1-5H3. The van der Waals surface area contributed by atoms with Crippen LogP contribution in [0.3, 0.4) is 0 Å². The number of ether oxygens (including phenoxy) is 1. The number of aryl methyl sites for hydroxylation is 5. The van der Waals surface area contributed by atoms with Crippen molar-refractivity contribution in [2.24, 2.45) is 0 Å². The van der Waals surface area contributed by atoms with Crippen molar-refractivity contribution in [1.29, 1.82) is 5.26 Å². The summed E-state index contributed by atoms with van der Waals surface area (Å²) in [4.78, 5) is 13.3. The smallest absolute Gasteiger partial charge is 0.417 e. The van der Waals surface area contributed by atoms with Gasteiger partial charge in [0.15, 0.2) is 0 Å². The molecule has 4 rings (SSSR count). The number of aromatic nitrogens is 1. The number of hydrogen-bond donors (Lipinski definition) is 0. The molecule has 7 heteroatoms. The van der Waals surface area contributed by atoms with Crippen LogP contribution in [-0.2, 0) is 19.1 Å². The van der Waals surface area contributed by atoms with Crippen molar-refractivity contribution >= 4 is 0 Å². The molecule has 0 aliphatic carbocycles. The first-order chi connectivity index (χ1) is 18.4. The fourth-order valence-corrected chi connectivity index (χ4v) is 4.66. The zero-order chi connectivity index (χ0) is 28.5. The molecule has 200 valence electrons. The summed E-state index contributed by atoms with van der Waals surface area (Å²) in [6.07, 6.45) is -3.96. The van der Waals surface area contributed by atoms with Crippen LogP contribution in [0.4, 0.5) is 13.2 Å². The predicted octanol–water partition coefficient (Wildman–Crippen LogP) is 8.04. The Hall–Kier alpha value is -4.31. The van der Waals surface area contributed by atoms with Gasteiger partial charge in [0.25, 0.3) is 5.56 Å². The molecule has 1 heterocycles. The second-order valence-corrected chi connectivity index (χ2v) is 9.78. The lowest BCUT2D eigenvalue weighted by molar-refractivity contribution is -0.137. The minimum Gasteiger partial charge on any atom is -0.457 e. The maximum Gasteiger partial charge on any atom is 0.417 e. The molecule has 3 aromatic carbocycles. The summed E-state index contributed by atoms with van der Waals surface area (Å²) in [5.74, 6) is 1.24. The van der Waals surface area contributed by atoms with E-state index in [0.717, 1.165) is 34.7 Å². The van der Waals surface area contributed by atoms with Crippen LogP contribution in [0.15, 0.2) is 65.5 Å². The Morgan fingerprint density at radius 1 is 0.872 bits per heavy atom. The summed E-state index contributed by atoms with van der Waals surface area (Å²) < 4.78 is 49.2. The van der Waals surface area contributed by atoms with Crippen molar-refractivity contribution in [2.45, 2.75) is 53.8 Å². The zero-order valence-electron chi connectivity index (χ0n) is 22.5. The number of hydrogen-bond acceptors (Lipinski definition) is 3. The van der Waals surface area contributed by atoms with Gasteiger partial charge in [0, 0.05) is 0 Å². The minimum absolute atomic E-state index is 0.0212. The molecule has 0 spiro atoms. The van der Waals surface area contributed by atoms with E-state index in [1.807, 2.05) is 51.1 Å². The molecule has 4 nitrogen and oxygen atoms in total. The van der Waals surface area contributed by atoms with Gasteiger partial charge in [0.05, 0.1) is 17.8 Å². The van der Waals surface area contributed by atoms with Crippen LogP contribution in [0.2, 0.25) is 0 Å². The first-order valence-corrected chi connectivity index (χ1v) is 12.6. The summed E-state index contributed by atoms with van der Waals surface area (Å²) >= 11 is 0. The maximum atomic E-state index is 13.9. The maximum absolute atomic E-state index is 13.9. The van der Waals surface area contributed by atoms with Gasteiger partial charge in [0.2, 0.25) is 0 Å². The van der Waals surface area contributed by atoms with E-state index in [1.54, 1.807) is 25.1 Å². The highest BCUT2D eigenvalue weighted by molar-refractivity contribution is 5.65. The second kappa shape index (κ2) is 10.8. The van der Waals surface area contributed by atoms with Crippen LogP contribution in [0.1, 0.15) is 51.4 Å². The van der Waals surface area contributed by atoms with Gasteiger partial charge in [-0.2, -0.15) is 18.4 Å². The van der Waals surface area contributed by atoms with E-state index < -0.39 is 22.9 Å². The lowest BCUT2D eigenvalue weighted by atomic mass is 10.0. The fourth-order valence-electron chi connectivity index (χ4n) is 4.66. The molecule has 0 aliphatic rings. The van der Waals surface area contributed by atoms with Crippen molar-refractivity contribution in [3.63, 3.8) is 0 Å². The summed E-state index contributed by atoms with van der Waals surface area (Å²) in [5, 5.41) is 9.50. The largest absolute Gasteiger partial charge is 0.457 e. The monoisotopic (exact) mass is 530 g/mol. The Balaban J connectivity index is 1.85. The normalized spacial score (nSPS) is 11.4. The van der Waals surface area contributed by atoms with Crippen molar-refractivity contribution in [3.8, 4) is 28.8 Å². The van der Waals surface area contributed by atoms with Crippen molar-refractivity contribution in [2.75, 3.05) is 0 Å². The number of rotatable bonds is 6. The lowest BCUT2D eigenvalue weighted by Gasteiger charge is -2.19. The topological polar surface area (TPSA) is 55.0 Å². The van der Waals surface area contributed by atoms with Crippen LogP contribution in [0, 0.1) is 39.0 Å². The van der Waals surface area contributed by atoms with E-state index in [-0.39, 0.29) is 12.2 Å². The number of pyridine rings is 1. The third-order valence-corrected chi connectivity index (χ3v) is 6.88. The van der Waals surface area contributed by atoms with Gasteiger partial charge in [-0.25, -0.2) is 0 Å². The first kappa shape index (κ1) is 27.7. The number of alkyl halides is 3. The van der Waals surface area contributed by atoms with Gasteiger partial charge in [-0.15, -0.1) is 0 Å². The minimum atomic E-state index is -4.86. The Kier molecular flexibility index (Phi) is 7.69. The molecule has 0 amide bonds. The number of nitrogens with zero attached hydrogens (tertiary/aromatic N) is 2. The van der Waals surface area contributed by atoms with Crippen molar-refractivity contribution in [1.82, 2.24) is 4.57 Å². The highest BCUT2D eigenvalue weighted by atomic mass is 19.4. The van der Waals surface area contributed by atoms with Gasteiger partial charge in [-0.05, 0) is 97.8 Å². The predicted molar refractivity (Wildman–Crippen MR) is 146 cm³/mol. The van der Waals surface area contributed by atoms with Gasteiger partial charge >= 0.3 is 6.18 Å². The van der Waals surface area contributed by atoms with Gasteiger partial charge in [0.1, 0.15) is 23.1 Å². The Morgan fingerprint density at radius 3 is 2.10 bits per heavy atom. The van der Waals surface area contributed by atoms with Gasteiger partial charge < -0.3 is 9.30 Å². The molecule has 0 N–H and O–H groups in total. The molecule has 0 saturated carbocycles. The SMILES string of the molecule is CCc1ccc(Oc2ccc(-c3cc(C(F)(F)F)c(C#N)c(=O)n3Cc3ccc(C)cc3C)cc2C)c(C)c1. The summed E-state index contributed by atoms with van der Waals surface area (Å²) in [5.41, 5.74) is 2.90. The van der Waals surface area contributed by atoms with E-state index in [4.69, 9.17) is 4.74 Å². The first-order valence-electron chi connectivity index (χ1n) is 12.6. The molecule has 0 bridgehead atoms. The molecule has 0 radical (unpaired) electrons. The molecule has 0 atom stereocenters. The molecule has 0 saturated heterocycles. The van der Waals surface area contributed by atoms with Crippen LogP contribution in [0.25, 0.3) is 11.3 Å². The van der Waals surface area contributed by atoms with E-state index in [2.05, 4.69) is 13.0 Å². The molecular weight excluding hydrogens is 501 g/mol. The van der Waals surface area contributed by atoms with Gasteiger partial charge in [-0.1, -0.05) is 42.8 Å². The van der Waals surface area contributed by atoms with Crippen LogP contribution >= 0.6 is 0 Å². The molecule has 0 fully saturated rings.